The zero-order valence-electron chi connectivity index (χ0n) is 21.2. The molecule has 0 radical (unpaired) electrons. The number of amides is 3. The molecule has 2 aliphatic heterocycles. The second-order valence-corrected chi connectivity index (χ2v) is 9.69. The van der Waals surface area contributed by atoms with Crippen molar-refractivity contribution in [3.05, 3.63) is 88.0 Å². The Kier molecular flexibility index (Phi) is 6.67. The molecule has 5 N–H and O–H groups in total. The molecule has 14 nitrogen and oxygen atoms in total. The number of aliphatic hydroxyl groups excluding tert-OH is 3. The Balaban J connectivity index is 1.34. The average Bonchev–Trinajstić information content (AvgIpc) is 3.60. The Morgan fingerprint density at radius 1 is 1.00 bits per heavy atom. The molecule has 5 atom stereocenters. The predicted molar refractivity (Wildman–Crippen MR) is 141 cm³/mol. The first-order valence-electron chi connectivity index (χ1n) is 12.7. The summed E-state index contributed by atoms with van der Waals surface area (Å²) in [5.41, 5.74) is 0.0956. The van der Waals surface area contributed by atoms with Crippen molar-refractivity contribution < 1.29 is 34.4 Å². The van der Waals surface area contributed by atoms with Gasteiger partial charge in [0.1, 0.15) is 24.4 Å². The minimum atomic E-state index is -1.47. The van der Waals surface area contributed by atoms with Crippen molar-refractivity contribution in [2.75, 3.05) is 11.9 Å². The van der Waals surface area contributed by atoms with E-state index in [-0.39, 0.29) is 34.7 Å². The topological polar surface area (TPSA) is 200 Å². The predicted octanol–water partition coefficient (Wildman–Crippen LogP) is -0.423. The number of nitrogens with one attached hydrogen (secondary N) is 2. The van der Waals surface area contributed by atoms with Crippen LogP contribution in [0.1, 0.15) is 32.5 Å². The van der Waals surface area contributed by atoms with E-state index >= 15 is 0 Å². The van der Waals surface area contributed by atoms with Gasteiger partial charge in [0, 0.05) is 6.42 Å². The molecule has 0 aliphatic carbocycles. The third kappa shape index (κ3) is 4.48. The fourth-order valence-corrected chi connectivity index (χ4v) is 5.11. The average molecular weight is 561 g/mol. The first-order chi connectivity index (χ1) is 19.8. The lowest BCUT2D eigenvalue weighted by Crippen LogP contribution is -2.48. The highest BCUT2D eigenvalue weighted by molar-refractivity contribution is 6.23. The van der Waals surface area contributed by atoms with Crippen molar-refractivity contribution in [3.63, 3.8) is 0 Å². The molecule has 2 aliphatic rings. The van der Waals surface area contributed by atoms with Gasteiger partial charge in [0.2, 0.25) is 11.9 Å². The molecular weight excluding hydrogens is 536 g/mol. The fraction of sp³-hybridized carbons (Fsp3) is 0.259. The van der Waals surface area contributed by atoms with Gasteiger partial charge in [0.05, 0.1) is 24.1 Å². The molecule has 0 saturated carbocycles. The SMILES string of the molecule is O=C(Nc1nc2c(ncn2[C@H]2O[C@H](CO)[C@@H](O)[C@@H]2O)c(=O)[nH]1)[C@@H](Cc1ccccc1)N1C(=O)c2ccccc2C1=O. The van der Waals surface area contributed by atoms with Crippen LogP contribution in [0.25, 0.3) is 11.2 Å². The van der Waals surface area contributed by atoms with Crippen LogP contribution in [0.2, 0.25) is 0 Å². The zero-order chi connectivity index (χ0) is 28.8. The van der Waals surface area contributed by atoms with E-state index in [9.17, 15) is 34.5 Å². The van der Waals surface area contributed by atoms with E-state index < -0.39 is 60.5 Å². The maximum absolute atomic E-state index is 13.7. The van der Waals surface area contributed by atoms with Crippen LogP contribution in [-0.4, -0.2) is 88.4 Å². The number of imidazole rings is 1. The van der Waals surface area contributed by atoms with Crippen LogP contribution in [0.4, 0.5) is 5.95 Å². The number of hydrogen-bond acceptors (Lipinski definition) is 10. The molecule has 4 aromatic rings. The number of carbonyl (C=O) groups is 3. The van der Waals surface area contributed by atoms with Crippen LogP contribution in [-0.2, 0) is 16.0 Å². The summed E-state index contributed by atoms with van der Waals surface area (Å²) in [6.07, 6.45) is -4.00. The highest BCUT2D eigenvalue weighted by Crippen LogP contribution is 2.31. The smallest absolute Gasteiger partial charge is 0.280 e. The van der Waals surface area contributed by atoms with Crippen molar-refractivity contribution in [3.8, 4) is 0 Å². The van der Waals surface area contributed by atoms with Crippen LogP contribution in [0.3, 0.4) is 0 Å². The lowest BCUT2D eigenvalue weighted by molar-refractivity contribution is -0.120. The molecule has 41 heavy (non-hydrogen) atoms. The maximum Gasteiger partial charge on any atom is 0.280 e. The lowest BCUT2D eigenvalue weighted by atomic mass is 10.0. The third-order valence-corrected chi connectivity index (χ3v) is 7.18. The molecule has 3 amide bonds. The monoisotopic (exact) mass is 560 g/mol. The highest BCUT2D eigenvalue weighted by Gasteiger charge is 2.45. The van der Waals surface area contributed by atoms with E-state index in [0.29, 0.717) is 5.56 Å². The number of fused-ring (bicyclic) bond motifs is 2. The summed E-state index contributed by atoms with van der Waals surface area (Å²) in [4.78, 5) is 64.6. The number of ether oxygens (including phenoxy) is 1. The van der Waals surface area contributed by atoms with Gasteiger partial charge in [-0.1, -0.05) is 42.5 Å². The van der Waals surface area contributed by atoms with Gasteiger partial charge in [-0.05, 0) is 17.7 Å². The minimum Gasteiger partial charge on any atom is -0.394 e. The van der Waals surface area contributed by atoms with Crippen molar-refractivity contribution >= 4 is 34.8 Å². The summed E-state index contributed by atoms with van der Waals surface area (Å²) >= 11 is 0. The van der Waals surface area contributed by atoms with Gasteiger partial charge in [-0.2, -0.15) is 4.98 Å². The lowest BCUT2D eigenvalue weighted by Gasteiger charge is -2.25. The van der Waals surface area contributed by atoms with Gasteiger partial charge in [-0.3, -0.25) is 38.9 Å². The molecule has 1 fully saturated rings. The Morgan fingerprint density at radius 2 is 1.66 bits per heavy atom. The van der Waals surface area contributed by atoms with Gasteiger partial charge in [0.25, 0.3) is 17.4 Å². The third-order valence-electron chi connectivity index (χ3n) is 7.18. The number of aliphatic hydroxyl groups is 3. The molecule has 2 aromatic carbocycles. The van der Waals surface area contributed by atoms with Crippen LogP contribution in [0.15, 0.2) is 65.7 Å². The number of aromatic amines is 1. The van der Waals surface area contributed by atoms with Crippen molar-refractivity contribution in [1.82, 2.24) is 24.4 Å². The summed E-state index contributed by atoms with van der Waals surface area (Å²) in [6.45, 7) is -0.558. The Labute approximate surface area is 230 Å². The second-order valence-electron chi connectivity index (χ2n) is 9.69. The molecular formula is C27H24N6O8. The van der Waals surface area contributed by atoms with E-state index in [4.69, 9.17) is 4.74 Å². The molecule has 4 heterocycles. The quantitative estimate of drug-likeness (QED) is 0.185. The number of rotatable bonds is 7. The van der Waals surface area contributed by atoms with Gasteiger partial charge in [-0.15, -0.1) is 0 Å². The van der Waals surface area contributed by atoms with E-state index in [2.05, 4.69) is 20.3 Å². The number of imide groups is 1. The van der Waals surface area contributed by atoms with Crippen LogP contribution >= 0.6 is 0 Å². The van der Waals surface area contributed by atoms with Gasteiger partial charge < -0.3 is 20.1 Å². The number of H-pyrrole nitrogens is 1. The zero-order valence-corrected chi connectivity index (χ0v) is 21.2. The van der Waals surface area contributed by atoms with Gasteiger partial charge in [0.15, 0.2) is 17.4 Å². The Hall–Kier alpha value is -4.76. The summed E-state index contributed by atoms with van der Waals surface area (Å²) in [7, 11) is 0. The second kappa shape index (κ2) is 10.3. The molecule has 2 aromatic heterocycles. The molecule has 1 saturated heterocycles. The van der Waals surface area contributed by atoms with E-state index in [1.54, 1.807) is 42.5 Å². The van der Waals surface area contributed by atoms with Crippen LogP contribution in [0, 0.1) is 0 Å². The van der Waals surface area contributed by atoms with Gasteiger partial charge in [-0.25, -0.2) is 4.98 Å². The number of anilines is 1. The molecule has 0 bridgehead atoms. The van der Waals surface area contributed by atoms with Crippen LogP contribution in [0.5, 0.6) is 0 Å². The largest absolute Gasteiger partial charge is 0.394 e. The van der Waals surface area contributed by atoms with Crippen molar-refractivity contribution in [2.24, 2.45) is 0 Å². The van der Waals surface area contributed by atoms with E-state index in [0.717, 1.165) is 4.90 Å². The minimum absolute atomic E-state index is 0.00884. The van der Waals surface area contributed by atoms with E-state index in [1.807, 2.05) is 0 Å². The number of benzene rings is 2. The molecule has 14 heteroatoms. The number of carbonyl (C=O) groups excluding carboxylic acids is 3. The molecule has 6 rings (SSSR count). The van der Waals surface area contributed by atoms with Crippen LogP contribution < -0.4 is 10.9 Å². The molecule has 210 valence electrons. The number of aromatic nitrogens is 4. The molecule has 0 spiro atoms. The summed E-state index contributed by atoms with van der Waals surface area (Å²) in [5, 5.41) is 32.5. The Bertz CT molecular complexity index is 1680. The number of hydrogen-bond donors (Lipinski definition) is 5. The fourth-order valence-electron chi connectivity index (χ4n) is 5.11. The van der Waals surface area contributed by atoms with Crippen molar-refractivity contribution in [2.45, 2.75) is 37.0 Å². The standard InChI is InChI=1S/C27H24N6O8/c34-11-17-19(35)20(36)26(41-17)32-12-28-18-21(32)29-27(31-23(18)38)30-22(37)16(10-13-6-2-1-3-7-13)33-24(39)14-8-4-5-9-15(14)25(33)40/h1-9,12,16-17,19-20,26,34-36H,10-11H2,(H2,29,30,31,37,38)/t16-,17-,19-,20+,26+/m1/s1. The summed E-state index contributed by atoms with van der Waals surface area (Å²) in [5.74, 6) is -2.34. The molecule has 0 unspecified atom stereocenters. The van der Waals surface area contributed by atoms with Crippen molar-refractivity contribution in [1.29, 1.82) is 0 Å². The normalized spacial score (nSPS) is 22.8. The highest BCUT2D eigenvalue weighted by atomic mass is 16.6. The Morgan fingerprint density at radius 3 is 2.29 bits per heavy atom. The maximum atomic E-state index is 13.7. The first kappa shape index (κ1) is 26.5. The first-order valence-corrected chi connectivity index (χ1v) is 12.7. The van der Waals surface area contributed by atoms with Gasteiger partial charge >= 0.3 is 0 Å². The number of nitrogens with zero attached hydrogens (tertiary/aromatic N) is 4. The summed E-state index contributed by atoms with van der Waals surface area (Å²) < 4.78 is 6.73. The summed E-state index contributed by atoms with van der Waals surface area (Å²) in [6, 6.07) is 13.8. The van der Waals surface area contributed by atoms with E-state index in [1.165, 1.54) is 23.0 Å².